The number of carbonyl (C=O) groups is 1. The van der Waals surface area contributed by atoms with Crippen molar-refractivity contribution in [3.8, 4) is 0 Å². The minimum atomic E-state index is 0. The molecular formula is C20H27ClN2OS. The van der Waals surface area contributed by atoms with Crippen LogP contribution in [0, 0.1) is 12.8 Å². The van der Waals surface area contributed by atoms with E-state index in [2.05, 4.69) is 35.8 Å². The van der Waals surface area contributed by atoms with Gasteiger partial charge in [-0.15, -0.1) is 23.7 Å². The maximum Gasteiger partial charge on any atom is 0.220 e. The van der Waals surface area contributed by atoms with Crippen molar-refractivity contribution in [2.45, 2.75) is 51.1 Å². The Morgan fingerprint density at radius 2 is 2.04 bits per heavy atom. The van der Waals surface area contributed by atoms with Gasteiger partial charge in [0.15, 0.2) is 0 Å². The molecule has 3 rings (SSSR count). The minimum Gasteiger partial charge on any atom is -0.348 e. The second kappa shape index (κ2) is 9.37. The number of nitrogens with two attached hydrogens (primary N) is 1. The molecule has 1 aromatic heterocycles. The number of thiophene rings is 1. The number of amides is 1. The van der Waals surface area contributed by atoms with Crippen LogP contribution >= 0.6 is 23.7 Å². The summed E-state index contributed by atoms with van der Waals surface area (Å²) in [6, 6.07) is 12.7. The van der Waals surface area contributed by atoms with Crippen LogP contribution in [0.1, 0.15) is 47.7 Å². The van der Waals surface area contributed by atoms with Crippen LogP contribution in [0.2, 0.25) is 0 Å². The summed E-state index contributed by atoms with van der Waals surface area (Å²) in [6.07, 6.45) is 4.66. The number of carbonyl (C=O) groups excluding carboxylic acids is 1. The van der Waals surface area contributed by atoms with Crippen molar-refractivity contribution < 1.29 is 4.79 Å². The lowest BCUT2D eigenvalue weighted by Gasteiger charge is -2.21. The van der Waals surface area contributed by atoms with Crippen molar-refractivity contribution in [2.24, 2.45) is 11.7 Å². The highest BCUT2D eigenvalue weighted by atomic mass is 35.5. The van der Waals surface area contributed by atoms with Gasteiger partial charge in [-0.2, -0.15) is 0 Å². The van der Waals surface area contributed by atoms with E-state index in [9.17, 15) is 4.79 Å². The van der Waals surface area contributed by atoms with Gasteiger partial charge in [0.05, 0.1) is 6.04 Å². The zero-order chi connectivity index (χ0) is 16.9. The first-order chi connectivity index (χ1) is 11.6. The Balaban J connectivity index is 0.00000225. The second-order valence-corrected chi connectivity index (χ2v) is 7.78. The predicted octanol–water partition coefficient (Wildman–Crippen LogP) is 4.40. The maximum absolute atomic E-state index is 12.6. The highest BCUT2D eigenvalue weighted by Crippen LogP contribution is 2.29. The number of rotatable bonds is 6. The first kappa shape index (κ1) is 20.0. The van der Waals surface area contributed by atoms with Crippen LogP contribution < -0.4 is 11.1 Å². The molecule has 1 fully saturated rings. The Morgan fingerprint density at radius 3 is 2.64 bits per heavy atom. The maximum atomic E-state index is 12.6. The van der Waals surface area contributed by atoms with Crippen molar-refractivity contribution in [3.05, 3.63) is 57.8 Å². The SMILES string of the molecule is Cc1ccsc1C(Cc1ccccc1)NC(=O)C[C@@H]1CCC[C@H]1N.Cl. The molecule has 0 aliphatic heterocycles. The summed E-state index contributed by atoms with van der Waals surface area (Å²) in [7, 11) is 0. The third-order valence-electron chi connectivity index (χ3n) is 5.00. The summed E-state index contributed by atoms with van der Waals surface area (Å²) in [5.41, 5.74) is 8.61. The summed E-state index contributed by atoms with van der Waals surface area (Å²) in [5, 5.41) is 5.37. The van der Waals surface area contributed by atoms with Crippen molar-refractivity contribution >= 4 is 29.7 Å². The van der Waals surface area contributed by atoms with E-state index >= 15 is 0 Å². The van der Waals surface area contributed by atoms with Crippen LogP contribution in [0.25, 0.3) is 0 Å². The average Bonchev–Trinajstić information content (AvgIpc) is 3.16. The van der Waals surface area contributed by atoms with Gasteiger partial charge >= 0.3 is 0 Å². The lowest BCUT2D eigenvalue weighted by Crippen LogP contribution is -2.34. The third-order valence-corrected chi connectivity index (χ3v) is 6.13. The molecule has 2 aromatic rings. The van der Waals surface area contributed by atoms with E-state index in [-0.39, 0.29) is 30.4 Å². The molecule has 1 unspecified atom stereocenters. The van der Waals surface area contributed by atoms with Gasteiger partial charge in [0.25, 0.3) is 0 Å². The highest BCUT2D eigenvalue weighted by Gasteiger charge is 2.27. The van der Waals surface area contributed by atoms with Crippen molar-refractivity contribution in [1.82, 2.24) is 5.32 Å². The van der Waals surface area contributed by atoms with E-state index in [0.717, 1.165) is 25.7 Å². The van der Waals surface area contributed by atoms with Gasteiger partial charge in [-0.3, -0.25) is 4.79 Å². The van der Waals surface area contributed by atoms with E-state index in [0.29, 0.717) is 12.3 Å². The summed E-state index contributed by atoms with van der Waals surface area (Å²) in [5.74, 6) is 0.470. The Hall–Kier alpha value is -1.36. The first-order valence-electron chi connectivity index (χ1n) is 8.76. The average molecular weight is 379 g/mol. The fraction of sp³-hybridized carbons (Fsp3) is 0.450. The van der Waals surface area contributed by atoms with Crippen LogP contribution in [0.3, 0.4) is 0 Å². The molecule has 1 amide bonds. The number of halogens is 1. The van der Waals surface area contributed by atoms with Crippen molar-refractivity contribution in [1.29, 1.82) is 0 Å². The molecule has 136 valence electrons. The van der Waals surface area contributed by atoms with Gasteiger partial charge < -0.3 is 11.1 Å². The lowest BCUT2D eigenvalue weighted by molar-refractivity contribution is -0.122. The first-order valence-corrected chi connectivity index (χ1v) is 9.64. The number of hydrogen-bond acceptors (Lipinski definition) is 3. The molecule has 0 radical (unpaired) electrons. The van der Waals surface area contributed by atoms with Crippen LogP contribution in [-0.2, 0) is 11.2 Å². The quantitative estimate of drug-likeness (QED) is 0.782. The van der Waals surface area contributed by atoms with E-state index in [1.54, 1.807) is 11.3 Å². The molecule has 3 atom stereocenters. The topological polar surface area (TPSA) is 55.1 Å². The normalized spacial score (nSPS) is 20.7. The Morgan fingerprint density at radius 1 is 1.28 bits per heavy atom. The smallest absolute Gasteiger partial charge is 0.220 e. The summed E-state index contributed by atoms with van der Waals surface area (Å²) in [6.45, 7) is 2.11. The van der Waals surface area contributed by atoms with Gasteiger partial charge in [-0.1, -0.05) is 36.8 Å². The van der Waals surface area contributed by atoms with Crippen LogP contribution in [0.15, 0.2) is 41.8 Å². The number of nitrogens with one attached hydrogen (secondary N) is 1. The molecular weight excluding hydrogens is 352 g/mol. The zero-order valence-electron chi connectivity index (χ0n) is 14.6. The van der Waals surface area contributed by atoms with E-state index in [1.165, 1.54) is 16.0 Å². The van der Waals surface area contributed by atoms with Gasteiger partial charge in [-0.05, 0) is 54.7 Å². The van der Waals surface area contributed by atoms with Gasteiger partial charge in [0.1, 0.15) is 0 Å². The molecule has 0 saturated heterocycles. The van der Waals surface area contributed by atoms with Gasteiger partial charge in [0.2, 0.25) is 5.91 Å². The molecule has 0 spiro atoms. The lowest BCUT2D eigenvalue weighted by atomic mass is 9.98. The summed E-state index contributed by atoms with van der Waals surface area (Å²) >= 11 is 1.72. The molecule has 1 aromatic carbocycles. The fourth-order valence-electron chi connectivity index (χ4n) is 3.61. The summed E-state index contributed by atoms with van der Waals surface area (Å²) < 4.78 is 0. The molecule has 5 heteroatoms. The molecule has 3 N–H and O–H groups in total. The van der Waals surface area contributed by atoms with E-state index < -0.39 is 0 Å². The largest absolute Gasteiger partial charge is 0.348 e. The highest BCUT2D eigenvalue weighted by molar-refractivity contribution is 7.10. The minimum absolute atomic E-state index is 0. The number of hydrogen-bond donors (Lipinski definition) is 2. The fourth-order valence-corrected chi connectivity index (χ4v) is 4.59. The number of benzene rings is 1. The van der Waals surface area contributed by atoms with Crippen molar-refractivity contribution in [2.75, 3.05) is 0 Å². The number of aryl methyl sites for hydroxylation is 1. The molecule has 1 aliphatic rings. The third kappa shape index (κ3) is 5.30. The summed E-state index contributed by atoms with van der Waals surface area (Å²) in [4.78, 5) is 13.8. The van der Waals surface area contributed by atoms with Gasteiger partial charge in [0, 0.05) is 17.3 Å². The monoisotopic (exact) mass is 378 g/mol. The molecule has 1 heterocycles. The van der Waals surface area contributed by atoms with E-state index in [4.69, 9.17) is 5.73 Å². The van der Waals surface area contributed by atoms with Crippen LogP contribution in [-0.4, -0.2) is 11.9 Å². The zero-order valence-corrected chi connectivity index (χ0v) is 16.2. The predicted molar refractivity (Wildman–Crippen MR) is 107 cm³/mol. The van der Waals surface area contributed by atoms with Crippen molar-refractivity contribution in [3.63, 3.8) is 0 Å². The molecule has 25 heavy (non-hydrogen) atoms. The molecule has 3 nitrogen and oxygen atoms in total. The molecule has 1 saturated carbocycles. The Bertz CT molecular complexity index is 673. The standard InChI is InChI=1S/C20H26N2OS.ClH/c1-14-10-11-24-20(14)18(12-15-6-3-2-4-7-15)22-19(23)13-16-8-5-9-17(16)21;/h2-4,6-7,10-11,16-18H,5,8-9,12-13,21H2,1H3,(H,22,23);1H/t16-,17+,18?;/m0./s1. The molecule has 0 bridgehead atoms. The van der Waals surface area contributed by atoms with Gasteiger partial charge in [-0.25, -0.2) is 0 Å². The second-order valence-electron chi connectivity index (χ2n) is 6.84. The Labute approximate surface area is 160 Å². The van der Waals surface area contributed by atoms with E-state index in [1.807, 2.05) is 18.2 Å². The Kier molecular flexibility index (Phi) is 7.48. The van der Waals surface area contributed by atoms with Crippen LogP contribution in [0.4, 0.5) is 0 Å². The van der Waals surface area contributed by atoms with Crippen LogP contribution in [0.5, 0.6) is 0 Å². The molecule has 1 aliphatic carbocycles.